The molecule has 0 aliphatic rings. The van der Waals surface area contributed by atoms with E-state index in [1.807, 2.05) is 62.4 Å². The summed E-state index contributed by atoms with van der Waals surface area (Å²) in [7, 11) is 0. The van der Waals surface area contributed by atoms with Crippen molar-refractivity contribution in [2.75, 3.05) is 5.32 Å². The van der Waals surface area contributed by atoms with Gasteiger partial charge in [-0.15, -0.1) is 0 Å². The van der Waals surface area contributed by atoms with Crippen molar-refractivity contribution in [1.29, 1.82) is 5.26 Å². The minimum absolute atomic E-state index is 0.453. The Morgan fingerprint density at radius 1 is 1.15 bits per heavy atom. The molecule has 0 unspecified atom stereocenters. The number of rotatable bonds is 4. The molecule has 0 spiro atoms. The third-order valence-corrected chi connectivity index (χ3v) is 3.51. The van der Waals surface area contributed by atoms with Crippen molar-refractivity contribution in [1.82, 2.24) is 0 Å². The maximum absolute atomic E-state index is 9.12. The van der Waals surface area contributed by atoms with E-state index in [0.29, 0.717) is 0 Å². The van der Waals surface area contributed by atoms with Gasteiger partial charge in [-0.2, -0.15) is 5.26 Å². The van der Waals surface area contributed by atoms with E-state index in [1.165, 1.54) is 0 Å². The molecule has 0 aromatic heterocycles. The molecule has 0 saturated carbocycles. The van der Waals surface area contributed by atoms with Crippen molar-refractivity contribution in [3.63, 3.8) is 0 Å². The molecular weight excluding hydrogens is 268 g/mol. The zero-order valence-corrected chi connectivity index (χ0v) is 12.4. The van der Waals surface area contributed by atoms with Crippen LogP contribution in [0, 0.1) is 11.3 Å². The van der Waals surface area contributed by atoms with Crippen LogP contribution in [0.15, 0.2) is 48.5 Å². The van der Waals surface area contributed by atoms with Crippen LogP contribution in [0.4, 0.5) is 5.69 Å². The quantitative estimate of drug-likeness (QED) is 0.879. The third kappa shape index (κ3) is 3.53. The maximum Gasteiger partial charge on any atom is 0.0766 e. The average Bonchev–Trinajstić information content (AvgIpc) is 2.46. The first-order valence-electron chi connectivity index (χ1n) is 6.51. The molecule has 2 rings (SSSR count). The van der Waals surface area contributed by atoms with Gasteiger partial charge in [0.2, 0.25) is 0 Å². The van der Waals surface area contributed by atoms with Gasteiger partial charge >= 0.3 is 0 Å². The molecule has 1 N–H and O–H groups in total. The van der Waals surface area contributed by atoms with E-state index in [0.717, 1.165) is 28.4 Å². The van der Waals surface area contributed by atoms with Gasteiger partial charge < -0.3 is 5.32 Å². The summed E-state index contributed by atoms with van der Waals surface area (Å²) in [5.74, 6) is 0. The van der Waals surface area contributed by atoms with E-state index < -0.39 is 5.41 Å². The normalized spacial score (nSPS) is 10.9. The Kier molecular flexibility index (Phi) is 4.32. The second kappa shape index (κ2) is 5.98. The standard InChI is InChI=1S/C17H17ClN2/c1-17(2,12-19)14-6-8-16(9-7-14)20-11-13-4-3-5-15(18)10-13/h3-10,20H,11H2,1-2H3. The van der Waals surface area contributed by atoms with Crippen molar-refractivity contribution in [2.45, 2.75) is 25.8 Å². The molecule has 2 nitrogen and oxygen atoms in total. The molecule has 0 heterocycles. The monoisotopic (exact) mass is 284 g/mol. The van der Waals surface area contributed by atoms with Crippen molar-refractivity contribution < 1.29 is 0 Å². The molecule has 2 aromatic rings. The van der Waals surface area contributed by atoms with Gasteiger partial charge in [-0.1, -0.05) is 35.9 Å². The van der Waals surface area contributed by atoms with E-state index in [9.17, 15) is 0 Å². The predicted molar refractivity (Wildman–Crippen MR) is 83.9 cm³/mol. The molecule has 0 radical (unpaired) electrons. The Morgan fingerprint density at radius 2 is 1.85 bits per heavy atom. The minimum atomic E-state index is -0.453. The largest absolute Gasteiger partial charge is 0.381 e. The number of hydrogen-bond donors (Lipinski definition) is 1. The van der Waals surface area contributed by atoms with Crippen molar-refractivity contribution in [3.8, 4) is 6.07 Å². The number of nitrogens with one attached hydrogen (secondary N) is 1. The van der Waals surface area contributed by atoms with Crippen LogP contribution in [-0.2, 0) is 12.0 Å². The Bertz CT molecular complexity index is 624. The minimum Gasteiger partial charge on any atom is -0.381 e. The Labute approximate surface area is 125 Å². The SMILES string of the molecule is CC(C)(C#N)c1ccc(NCc2cccc(Cl)c2)cc1. The van der Waals surface area contributed by atoms with Gasteiger partial charge in [-0.25, -0.2) is 0 Å². The highest BCUT2D eigenvalue weighted by atomic mass is 35.5. The molecule has 3 heteroatoms. The first-order valence-corrected chi connectivity index (χ1v) is 6.89. The summed E-state index contributed by atoms with van der Waals surface area (Å²) in [5.41, 5.74) is 2.74. The van der Waals surface area contributed by atoms with Gasteiger partial charge in [0.1, 0.15) is 0 Å². The highest BCUT2D eigenvalue weighted by molar-refractivity contribution is 6.30. The van der Waals surface area contributed by atoms with E-state index in [4.69, 9.17) is 16.9 Å². The number of halogens is 1. The summed E-state index contributed by atoms with van der Waals surface area (Å²) in [6.07, 6.45) is 0. The Hall–Kier alpha value is -1.98. The molecular formula is C17H17ClN2. The fourth-order valence-corrected chi connectivity index (χ4v) is 2.13. The summed E-state index contributed by atoms with van der Waals surface area (Å²) in [5, 5.41) is 13.2. The maximum atomic E-state index is 9.12. The fourth-order valence-electron chi connectivity index (χ4n) is 1.92. The molecule has 0 aliphatic heterocycles. The Morgan fingerprint density at radius 3 is 2.45 bits per heavy atom. The van der Waals surface area contributed by atoms with Crippen LogP contribution in [0.3, 0.4) is 0 Å². The first-order chi connectivity index (χ1) is 9.51. The van der Waals surface area contributed by atoms with Crippen LogP contribution in [0.2, 0.25) is 5.02 Å². The second-order valence-electron chi connectivity index (χ2n) is 5.30. The number of hydrogen-bond acceptors (Lipinski definition) is 2. The summed E-state index contributed by atoms with van der Waals surface area (Å²) < 4.78 is 0. The second-order valence-corrected chi connectivity index (χ2v) is 5.73. The summed E-state index contributed by atoms with van der Waals surface area (Å²) in [4.78, 5) is 0. The molecule has 0 bridgehead atoms. The van der Waals surface area contributed by atoms with Crippen LogP contribution in [0.25, 0.3) is 0 Å². The van der Waals surface area contributed by atoms with Gasteiger partial charge in [0.25, 0.3) is 0 Å². The first kappa shape index (κ1) is 14.4. The molecule has 0 aliphatic carbocycles. The van der Waals surface area contributed by atoms with E-state index >= 15 is 0 Å². The zero-order chi connectivity index (χ0) is 14.6. The highest BCUT2D eigenvalue weighted by Gasteiger charge is 2.18. The van der Waals surface area contributed by atoms with Crippen LogP contribution in [0.1, 0.15) is 25.0 Å². The molecule has 0 saturated heterocycles. The van der Waals surface area contributed by atoms with Gasteiger partial charge in [0.05, 0.1) is 11.5 Å². The highest BCUT2D eigenvalue weighted by Crippen LogP contribution is 2.23. The average molecular weight is 285 g/mol. The number of nitriles is 1. The lowest BCUT2D eigenvalue weighted by molar-refractivity contribution is 0.687. The van der Waals surface area contributed by atoms with Gasteiger partial charge in [0.15, 0.2) is 0 Å². The predicted octanol–water partition coefficient (Wildman–Crippen LogP) is 4.75. The number of anilines is 1. The van der Waals surface area contributed by atoms with Crippen molar-refractivity contribution >= 4 is 17.3 Å². The van der Waals surface area contributed by atoms with E-state index in [2.05, 4.69) is 11.4 Å². The smallest absolute Gasteiger partial charge is 0.0766 e. The lowest BCUT2D eigenvalue weighted by Gasteiger charge is -2.16. The van der Waals surface area contributed by atoms with Crippen LogP contribution < -0.4 is 5.32 Å². The molecule has 0 amide bonds. The van der Waals surface area contributed by atoms with Gasteiger partial charge in [-0.05, 0) is 49.2 Å². The van der Waals surface area contributed by atoms with Crippen LogP contribution in [0.5, 0.6) is 0 Å². The molecule has 102 valence electrons. The van der Waals surface area contributed by atoms with Gasteiger partial charge in [0, 0.05) is 17.3 Å². The van der Waals surface area contributed by atoms with E-state index in [-0.39, 0.29) is 0 Å². The molecule has 0 atom stereocenters. The molecule has 2 aromatic carbocycles. The molecule has 0 fully saturated rings. The van der Waals surface area contributed by atoms with Crippen molar-refractivity contribution in [3.05, 3.63) is 64.7 Å². The van der Waals surface area contributed by atoms with Crippen LogP contribution in [-0.4, -0.2) is 0 Å². The third-order valence-electron chi connectivity index (χ3n) is 3.27. The zero-order valence-electron chi connectivity index (χ0n) is 11.7. The van der Waals surface area contributed by atoms with Crippen molar-refractivity contribution in [2.24, 2.45) is 0 Å². The topological polar surface area (TPSA) is 35.8 Å². The lowest BCUT2D eigenvalue weighted by Crippen LogP contribution is -2.13. The number of nitrogens with zero attached hydrogens (tertiary/aromatic N) is 1. The molecule has 20 heavy (non-hydrogen) atoms. The van der Waals surface area contributed by atoms with Gasteiger partial charge in [-0.3, -0.25) is 0 Å². The summed E-state index contributed by atoms with van der Waals surface area (Å²) in [6, 6.07) is 18.1. The lowest BCUT2D eigenvalue weighted by atomic mass is 9.86. The summed E-state index contributed by atoms with van der Waals surface area (Å²) >= 11 is 5.96. The fraction of sp³-hybridized carbons (Fsp3) is 0.235. The van der Waals surface area contributed by atoms with E-state index in [1.54, 1.807) is 0 Å². The number of benzene rings is 2. The summed E-state index contributed by atoms with van der Waals surface area (Å²) in [6.45, 7) is 4.56. The Balaban J connectivity index is 2.03. The van der Waals surface area contributed by atoms with Crippen LogP contribution >= 0.6 is 11.6 Å².